The fourth-order valence-electron chi connectivity index (χ4n) is 1.52. The molecule has 1 heterocycles. The zero-order chi connectivity index (χ0) is 5.56. The summed E-state index contributed by atoms with van der Waals surface area (Å²) in [7, 11) is 1.20. The smallest absolute Gasteiger partial charge is 0.0761 e. The Hall–Kier alpha value is -0.0831. The highest BCUT2D eigenvalue weighted by Crippen LogP contribution is 2.32. The molecule has 1 aliphatic carbocycles. The topological polar surface area (TPSA) is 9.23 Å². The van der Waals surface area contributed by atoms with Crippen LogP contribution < -0.4 is 0 Å². The molecule has 0 spiro atoms. The standard InChI is InChI=1S/C6H10OSi/c8-6-4-1-2-5(3-4)7-6/h1-2,4-6H,3H2,8H3. The van der Waals surface area contributed by atoms with Gasteiger partial charge in [0.2, 0.25) is 0 Å². The highest BCUT2D eigenvalue weighted by atomic mass is 28.1. The van der Waals surface area contributed by atoms with Gasteiger partial charge in [-0.3, -0.25) is 0 Å². The summed E-state index contributed by atoms with van der Waals surface area (Å²) in [6, 6.07) is 0. The van der Waals surface area contributed by atoms with E-state index in [0.29, 0.717) is 11.8 Å². The Morgan fingerprint density at radius 2 is 2.38 bits per heavy atom. The van der Waals surface area contributed by atoms with Gasteiger partial charge in [0, 0.05) is 21.9 Å². The van der Waals surface area contributed by atoms with Crippen molar-refractivity contribution in [2.45, 2.75) is 18.3 Å². The predicted octanol–water partition coefficient (Wildman–Crippen LogP) is -0.347. The lowest BCUT2D eigenvalue weighted by Crippen LogP contribution is -2.16. The Balaban J connectivity index is 2.23. The molecule has 0 amide bonds. The van der Waals surface area contributed by atoms with Crippen molar-refractivity contribution in [3.63, 3.8) is 0 Å². The molecule has 0 aromatic heterocycles. The lowest BCUT2D eigenvalue weighted by Gasteiger charge is -2.11. The molecule has 2 rings (SSSR count). The number of hydrogen-bond acceptors (Lipinski definition) is 1. The molecule has 3 unspecified atom stereocenters. The summed E-state index contributed by atoms with van der Waals surface area (Å²) in [5.41, 5.74) is 0.630. The average molecular weight is 126 g/mol. The summed E-state index contributed by atoms with van der Waals surface area (Å²) in [5.74, 6) is 0.798. The van der Waals surface area contributed by atoms with Gasteiger partial charge in [-0.2, -0.15) is 0 Å². The number of fused-ring (bicyclic) bond motifs is 2. The second-order valence-electron chi connectivity index (χ2n) is 2.66. The maximum Gasteiger partial charge on any atom is 0.0761 e. The van der Waals surface area contributed by atoms with Crippen molar-refractivity contribution in [3.8, 4) is 0 Å². The van der Waals surface area contributed by atoms with Crippen LogP contribution in [0.1, 0.15) is 6.42 Å². The fourth-order valence-corrected chi connectivity index (χ4v) is 2.36. The van der Waals surface area contributed by atoms with Crippen molar-refractivity contribution >= 4 is 10.2 Å². The van der Waals surface area contributed by atoms with E-state index in [1.807, 2.05) is 0 Å². The maximum absolute atomic E-state index is 5.54. The van der Waals surface area contributed by atoms with E-state index in [4.69, 9.17) is 4.74 Å². The molecule has 0 aromatic carbocycles. The van der Waals surface area contributed by atoms with Gasteiger partial charge in [-0.15, -0.1) is 0 Å². The molecular weight excluding hydrogens is 116 g/mol. The van der Waals surface area contributed by atoms with E-state index in [9.17, 15) is 0 Å². The van der Waals surface area contributed by atoms with Gasteiger partial charge in [-0.1, -0.05) is 12.2 Å². The van der Waals surface area contributed by atoms with E-state index in [2.05, 4.69) is 12.2 Å². The third-order valence-corrected chi connectivity index (χ3v) is 3.20. The Morgan fingerprint density at radius 3 is 2.62 bits per heavy atom. The minimum Gasteiger partial charge on any atom is -0.375 e. The van der Waals surface area contributed by atoms with Crippen LogP contribution in [0.2, 0.25) is 0 Å². The van der Waals surface area contributed by atoms with Crippen LogP contribution >= 0.6 is 0 Å². The largest absolute Gasteiger partial charge is 0.375 e. The molecule has 0 radical (unpaired) electrons. The molecule has 2 heteroatoms. The Bertz CT molecular complexity index is 132. The van der Waals surface area contributed by atoms with Crippen LogP contribution in [-0.2, 0) is 4.74 Å². The third-order valence-electron chi connectivity index (χ3n) is 2.07. The maximum atomic E-state index is 5.54. The van der Waals surface area contributed by atoms with Crippen molar-refractivity contribution in [3.05, 3.63) is 12.2 Å². The molecule has 1 nitrogen and oxygen atoms in total. The van der Waals surface area contributed by atoms with E-state index < -0.39 is 0 Å². The van der Waals surface area contributed by atoms with Crippen molar-refractivity contribution in [1.29, 1.82) is 0 Å². The molecule has 1 saturated heterocycles. The molecule has 0 N–H and O–H groups in total. The molecule has 8 heavy (non-hydrogen) atoms. The van der Waals surface area contributed by atoms with Crippen LogP contribution in [0.3, 0.4) is 0 Å². The molecule has 1 aliphatic heterocycles. The van der Waals surface area contributed by atoms with Crippen LogP contribution in [0.25, 0.3) is 0 Å². The first kappa shape index (κ1) is 4.76. The zero-order valence-corrected chi connectivity index (χ0v) is 7.00. The zero-order valence-electron chi connectivity index (χ0n) is 5.00. The lowest BCUT2D eigenvalue weighted by molar-refractivity contribution is 0.107. The molecule has 3 atom stereocenters. The quantitative estimate of drug-likeness (QED) is 0.318. The van der Waals surface area contributed by atoms with Crippen molar-refractivity contribution < 1.29 is 4.74 Å². The van der Waals surface area contributed by atoms with E-state index >= 15 is 0 Å². The molecule has 0 aromatic rings. The van der Waals surface area contributed by atoms with E-state index in [1.165, 1.54) is 16.7 Å². The number of ether oxygens (including phenoxy) is 1. The van der Waals surface area contributed by atoms with Gasteiger partial charge in [0.15, 0.2) is 0 Å². The molecular formula is C6H10OSi. The summed E-state index contributed by atoms with van der Waals surface area (Å²) in [6.07, 6.45) is 6.28. The van der Waals surface area contributed by atoms with Crippen LogP contribution in [0.4, 0.5) is 0 Å². The van der Waals surface area contributed by atoms with E-state index in [1.54, 1.807) is 0 Å². The summed E-state index contributed by atoms with van der Waals surface area (Å²) in [4.78, 5) is 0. The third kappa shape index (κ3) is 0.500. The van der Waals surface area contributed by atoms with Crippen molar-refractivity contribution in [2.24, 2.45) is 5.92 Å². The highest BCUT2D eigenvalue weighted by Gasteiger charge is 2.32. The Morgan fingerprint density at radius 1 is 1.50 bits per heavy atom. The number of rotatable bonds is 0. The fraction of sp³-hybridized carbons (Fsp3) is 0.667. The van der Waals surface area contributed by atoms with Gasteiger partial charge in [-0.05, 0) is 6.42 Å². The minimum atomic E-state index is 0.502. The SMILES string of the molecule is [SiH3]C1OC2C=CC1C2. The predicted molar refractivity (Wildman–Crippen MR) is 35.8 cm³/mol. The molecule has 0 saturated carbocycles. The van der Waals surface area contributed by atoms with Gasteiger partial charge in [0.1, 0.15) is 0 Å². The normalized spacial score (nSPS) is 51.2. The lowest BCUT2D eigenvalue weighted by atomic mass is 10.2. The van der Waals surface area contributed by atoms with E-state index in [0.717, 1.165) is 5.92 Å². The molecule has 2 bridgehead atoms. The van der Waals surface area contributed by atoms with Crippen LogP contribution in [-0.4, -0.2) is 22.1 Å². The second kappa shape index (κ2) is 1.45. The summed E-state index contributed by atoms with van der Waals surface area (Å²) >= 11 is 0. The van der Waals surface area contributed by atoms with Gasteiger partial charge in [0.05, 0.1) is 6.10 Å². The van der Waals surface area contributed by atoms with Crippen molar-refractivity contribution in [2.75, 3.05) is 0 Å². The second-order valence-corrected chi connectivity index (χ2v) is 3.80. The monoisotopic (exact) mass is 126 g/mol. The number of hydrogen-bond donors (Lipinski definition) is 0. The van der Waals surface area contributed by atoms with Crippen LogP contribution in [0.15, 0.2) is 12.2 Å². The van der Waals surface area contributed by atoms with Gasteiger partial charge in [0.25, 0.3) is 0 Å². The van der Waals surface area contributed by atoms with Crippen molar-refractivity contribution in [1.82, 2.24) is 0 Å². The first-order chi connectivity index (χ1) is 3.86. The van der Waals surface area contributed by atoms with Gasteiger partial charge < -0.3 is 4.74 Å². The summed E-state index contributed by atoms with van der Waals surface area (Å²) in [6.45, 7) is 0. The summed E-state index contributed by atoms with van der Waals surface area (Å²) in [5, 5.41) is 0. The molecule has 44 valence electrons. The molecule has 1 fully saturated rings. The first-order valence-corrected chi connectivity index (χ1v) is 4.35. The summed E-state index contributed by atoms with van der Waals surface area (Å²) < 4.78 is 5.54. The molecule has 2 aliphatic rings. The van der Waals surface area contributed by atoms with E-state index in [-0.39, 0.29) is 0 Å². The van der Waals surface area contributed by atoms with Gasteiger partial charge in [-0.25, -0.2) is 0 Å². The Labute approximate surface area is 52.1 Å². The van der Waals surface area contributed by atoms with Gasteiger partial charge >= 0.3 is 0 Å². The highest BCUT2D eigenvalue weighted by molar-refractivity contribution is 6.11. The average Bonchev–Trinajstić information content (AvgIpc) is 2.23. The minimum absolute atomic E-state index is 0.502. The first-order valence-electron chi connectivity index (χ1n) is 3.20. The Kier molecular flexibility index (Phi) is 0.864. The van der Waals surface area contributed by atoms with Crippen LogP contribution in [0, 0.1) is 5.92 Å². The van der Waals surface area contributed by atoms with Crippen LogP contribution in [0.5, 0.6) is 0 Å².